The van der Waals surface area contributed by atoms with E-state index in [4.69, 9.17) is 4.74 Å². The molecule has 1 aliphatic carbocycles. The Morgan fingerprint density at radius 1 is 1.36 bits per heavy atom. The Kier molecular flexibility index (Phi) is 5.06. The first-order chi connectivity index (χ1) is 12.0. The van der Waals surface area contributed by atoms with Crippen LogP contribution in [0, 0.1) is 6.92 Å². The molecule has 0 fully saturated rings. The van der Waals surface area contributed by atoms with Crippen molar-refractivity contribution in [3.8, 4) is 0 Å². The molecule has 1 atom stereocenters. The predicted molar refractivity (Wildman–Crippen MR) is 99.0 cm³/mol. The summed E-state index contributed by atoms with van der Waals surface area (Å²) in [5.74, 6) is 0.350. The van der Waals surface area contributed by atoms with E-state index in [1.165, 1.54) is 5.57 Å². The van der Waals surface area contributed by atoms with Gasteiger partial charge in [-0.3, -0.25) is 0 Å². The van der Waals surface area contributed by atoms with Gasteiger partial charge in [0.2, 0.25) is 0 Å². The Morgan fingerprint density at radius 3 is 2.84 bits per heavy atom. The molecule has 0 radical (unpaired) electrons. The molecule has 1 heterocycles. The Labute approximate surface area is 147 Å². The maximum Gasteiger partial charge on any atom is 0.176 e. The van der Waals surface area contributed by atoms with E-state index in [-0.39, 0.29) is 0 Å². The zero-order chi connectivity index (χ0) is 18.0. The molecule has 5 heteroatoms. The highest BCUT2D eigenvalue weighted by Gasteiger charge is 2.18. The number of nitrogens with zero attached hydrogens (tertiary/aromatic N) is 2. The summed E-state index contributed by atoms with van der Waals surface area (Å²) in [5.41, 5.74) is 4.39. The van der Waals surface area contributed by atoms with Crippen LogP contribution in [0.25, 0.3) is 16.6 Å². The highest BCUT2D eigenvalue weighted by atomic mass is 16.6. The lowest BCUT2D eigenvalue weighted by Gasteiger charge is -2.18. The maximum absolute atomic E-state index is 10.4. The minimum atomic E-state index is -0.925. The molecule has 3 rings (SSSR count). The van der Waals surface area contributed by atoms with Gasteiger partial charge in [0.05, 0.1) is 12.1 Å². The monoisotopic (exact) mass is 340 g/mol. The normalized spacial score (nSPS) is 16.2. The average Bonchev–Trinajstić information content (AvgIpc) is 2.93. The molecule has 0 spiro atoms. The van der Waals surface area contributed by atoms with E-state index in [2.05, 4.69) is 11.7 Å². The molecule has 5 nitrogen and oxygen atoms in total. The average molecular weight is 340 g/mol. The fourth-order valence-corrected chi connectivity index (χ4v) is 2.98. The lowest BCUT2D eigenvalue weighted by atomic mass is 9.99. The van der Waals surface area contributed by atoms with Crippen LogP contribution in [0.3, 0.4) is 0 Å². The van der Waals surface area contributed by atoms with Crippen molar-refractivity contribution in [2.45, 2.75) is 39.4 Å². The molecular weight excluding hydrogens is 316 g/mol. The second-order valence-corrected chi connectivity index (χ2v) is 6.47. The van der Waals surface area contributed by atoms with E-state index >= 15 is 0 Å². The summed E-state index contributed by atoms with van der Waals surface area (Å²) in [4.78, 5) is 0. The molecule has 1 aliphatic rings. The van der Waals surface area contributed by atoms with Crippen molar-refractivity contribution in [3.63, 3.8) is 0 Å². The number of ether oxygens (including phenoxy) is 1. The lowest BCUT2D eigenvalue weighted by molar-refractivity contribution is -0.0706. The number of hydrogen-bond acceptors (Lipinski definition) is 4. The number of benzene rings is 1. The molecule has 132 valence electrons. The van der Waals surface area contributed by atoms with Gasteiger partial charge in [-0.25, -0.2) is 4.68 Å². The lowest BCUT2D eigenvalue weighted by Crippen LogP contribution is -2.14. The number of aliphatic hydroxyl groups is 2. The van der Waals surface area contributed by atoms with Crippen LogP contribution in [0.15, 0.2) is 53.8 Å². The fraction of sp³-hybridized carbons (Fsp3) is 0.350. The number of aryl methyl sites for hydroxylation is 1. The van der Waals surface area contributed by atoms with E-state index < -0.39 is 6.29 Å². The van der Waals surface area contributed by atoms with Crippen LogP contribution in [0.5, 0.6) is 0 Å². The molecule has 0 saturated heterocycles. The van der Waals surface area contributed by atoms with E-state index in [0.717, 1.165) is 28.7 Å². The zero-order valence-electron chi connectivity index (χ0n) is 14.7. The topological polar surface area (TPSA) is 67.5 Å². The van der Waals surface area contributed by atoms with Crippen LogP contribution in [-0.2, 0) is 4.74 Å². The maximum atomic E-state index is 10.4. The number of allylic oxidation sites excluding steroid dienone is 3. The summed E-state index contributed by atoms with van der Waals surface area (Å²) in [5, 5.41) is 25.7. The van der Waals surface area contributed by atoms with Gasteiger partial charge >= 0.3 is 0 Å². The zero-order valence-corrected chi connectivity index (χ0v) is 14.7. The van der Waals surface area contributed by atoms with Crippen molar-refractivity contribution in [3.05, 3.63) is 59.5 Å². The molecule has 0 aliphatic heterocycles. The Morgan fingerprint density at radius 2 is 2.12 bits per heavy atom. The molecule has 1 aromatic heterocycles. The van der Waals surface area contributed by atoms with Crippen molar-refractivity contribution in [1.29, 1.82) is 0 Å². The van der Waals surface area contributed by atoms with Crippen LogP contribution in [0.4, 0.5) is 0 Å². The fourth-order valence-electron chi connectivity index (χ4n) is 2.98. The predicted octanol–water partition coefficient (Wildman–Crippen LogP) is 4.09. The van der Waals surface area contributed by atoms with Crippen LogP contribution in [0.1, 0.15) is 31.9 Å². The molecule has 25 heavy (non-hydrogen) atoms. The summed E-state index contributed by atoms with van der Waals surface area (Å²) in [6.07, 6.45) is 3.11. The van der Waals surface area contributed by atoms with Gasteiger partial charge in [0.25, 0.3) is 0 Å². The van der Waals surface area contributed by atoms with E-state index in [0.29, 0.717) is 30.8 Å². The first-order valence-corrected chi connectivity index (χ1v) is 8.48. The second kappa shape index (κ2) is 7.25. The van der Waals surface area contributed by atoms with Crippen LogP contribution in [-0.4, -0.2) is 32.9 Å². The molecule has 2 aromatic rings. The molecule has 2 N–H and O–H groups in total. The van der Waals surface area contributed by atoms with Crippen LogP contribution in [0.2, 0.25) is 0 Å². The third kappa shape index (κ3) is 3.67. The van der Waals surface area contributed by atoms with E-state index in [1.807, 2.05) is 41.9 Å². The quantitative estimate of drug-likeness (QED) is 0.614. The number of rotatable bonds is 6. The van der Waals surface area contributed by atoms with E-state index in [9.17, 15) is 10.2 Å². The van der Waals surface area contributed by atoms with Gasteiger partial charge in [0.15, 0.2) is 6.29 Å². The van der Waals surface area contributed by atoms with Gasteiger partial charge in [-0.15, -0.1) is 0 Å². The molecule has 1 unspecified atom stereocenters. The minimum absolute atomic E-state index is 0.350. The highest BCUT2D eigenvalue weighted by molar-refractivity contribution is 5.83. The van der Waals surface area contributed by atoms with Crippen molar-refractivity contribution >= 4 is 16.6 Å². The van der Waals surface area contributed by atoms with Crippen molar-refractivity contribution < 1.29 is 14.9 Å². The minimum Gasteiger partial charge on any atom is -0.510 e. The third-order valence-corrected chi connectivity index (χ3v) is 4.49. The standard InChI is InChI=1S/C20H24N2O3/c1-13(2)20(24)25-11-10-15-8-9-19(23)18(12-15)22-14(3)16-6-4-5-7-17(16)21-22/h4-7,12,20,23-24H,1,8-11H2,2-3H3. The summed E-state index contributed by atoms with van der Waals surface area (Å²) in [6.45, 7) is 7.82. The summed E-state index contributed by atoms with van der Waals surface area (Å²) in [6, 6.07) is 7.95. The van der Waals surface area contributed by atoms with Gasteiger partial charge in [-0.05, 0) is 44.4 Å². The van der Waals surface area contributed by atoms with Gasteiger partial charge < -0.3 is 14.9 Å². The molecule has 0 amide bonds. The van der Waals surface area contributed by atoms with Gasteiger partial charge in [0.1, 0.15) is 11.5 Å². The van der Waals surface area contributed by atoms with Crippen molar-refractivity contribution in [2.24, 2.45) is 0 Å². The third-order valence-electron chi connectivity index (χ3n) is 4.49. The Hall–Kier alpha value is -2.37. The molecule has 0 bridgehead atoms. The smallest absolute Gasteiger partial charge is 0.176 e. The summed E-state index contributed by atoms with van der Waals surface area (Å²) >= 11 is 0. The Balaban J connectivity index is 1.81. The largest absolute Gasteiger partial charge is 0.510 e. The van der Waals surface area contributed by atoms with Crippen molar-refractivity contribution in [1.82, 2.24) is 9.78 Å². The SMILES string of the molecule is C=C(C)C(O)OCCC1=CC(n2nc3ccccc3c2C)=C(O)CC1. The first kappa shape index (κ1) is 17.5. The number of hydrogen-bond donors (Lipinski definition) is 2. The Bertz CT molecular complexity index is 861. The molecule has 0 saturated carbocycles. The number of fused-ring (bicyclic) bond motifs is 1. The number of aliphatic hydroxyl groups excluding tert-OH is 2. The van der Waals surface area contributed by atoms with Gasteiger partial charge in [-0.1, -0.05) is 30.4 Å². The number of aromatic nitrogens is 2. The molecular formula is C20H24N2O3. The van der Waals surface area contributed by atoms with Crippen molar-refractivity contribution in [2.75, 3.05) is 6.61 Å². The highest BCUT2D eigenvalue weighted by Crippen LogP contribution is 2.30. The van der Waals surface area contributed by atoms with Crippen LogP contribution >= 0.6 is 0 Å². The molecule has 1 aromatic carbocycles. The second-order valence-electron chi connectivity index (χ2n) is 6.47. The van der Waals surface area contributed by atoms with Gasteiger partial charge in [0, 0.05) is 17.5 Å². The first-order valence-electron chi connectivity index (χ1n) is 8.48. The summed E-state index contributed by atoms with van der Waals surface area (Å²) < 4.78 is 7.17. The van der Waals surface area contributed by atoms with Crippen LogP contribution < -0.4 is 0 Å². The summed E-state index contributed by atoms with van der Waals surface area (Å²) in [7, 11) is 0. The van der Waals surface area contributed by atoms with Gasteiger partial charge in [-0.2, -0.15) is 5.10 Å². The van der Waals surface area contributed by atoms with E-state index in [1.54, 1.807) is 6.92 Å².